The summed E-state index contributed by atoms with van der Waals surface area (Å²) in [6, 6.07) is 7.12. The Balaban J connectivity index is 2.05. The second kappa shape index (κ2) is 13.6. The van der Waals surface area contributed by atoms with E-state index in [4.69, 9.17) is 4.74 Å². The van der Waals surface area contributed by atoms with Gasteiger partial charge in [0.15, 0.2) is 0 Å². The van der Waals surface area contributed by atoms with Gasteiger partial charge in [-0.1, -0.05) is 63.6 Å². The van der Waals surface area contributed by atoms with E-state index in [1.165, 1.54) is 26.4 Å². The Morgan fingerprint density at radius 2 is 1.75 bits per heavy atom. The van der Waals surface area contributed by atoms with Gasteiger partial charge in [0, 0.05) is 36.5 Å². The fourth-order valence-electron chi connectivity index (χ4n) is 3.97. The monoisotopic (exact) mass is 443 g/mol. The number of esters is 1. The second-order valence-electron chi connectivity index (χ2n) is 8.27. The van der Waals surface area contributed by atoms with Gasteiger partial charge in [0.25, 0.3) is 0 Å². The fourth-order valence-corrected chi connectivity index (χ4v) is 3.97. The normalized spacial score (nSPS) is 12.8. The number of likely N-dealkylation sites (N-methyl/N-ethyl adjacent to an activating group) is 1. The number of amides is 2. The number of para-hydroxylation sites is 1. The van der Waals surface area contributed by atoms with Crippen molar-refractivity contribution in [1.82, 2.24) is 15.6 Å². The minimum Gasteiger partial charge on any atom is -0.469 e. The Bertz CT molecular complexity index is 877. The predicted molar refractivity (Wildman–Crippen MR) is 126 cm³/mol. The van der Waals surface area contributed by atoms with Crippen LogP contribution in [-0.2, 0) is 25.5 Å². The number of aromatic nitrogens is 1. The van der Waals surface area contributed by atoms with Crippen molar-refractivity contribution in [2.45, 2.75) is 70.8 Å². The molecule has 1 aromatic heterocycles. The Kier molecular flexibility index (Phi) is 10.8. The van der Waals surface area contributed by atoms with Gasteiger partial charge in [-0.3, -0.25) is 14.4 Å². The van der Waals surface area contributed by atoms with Crippen LogP contribution in [0.25, 0.3) is 10.9 Å². The number of hydrogen-bond acceptors (Lipinski definition) is 4. The predicted octanol–water partition coefficient (Wildman–Crippen LogP) is 3.87. The van der Waals surface area contributed by atoms with Crippen molar-refractivity contribution in [3.8, 4) is 0 Å². The molecule has 0 aliphatic heterocycles. The summed E-state index contributed by atoms with van der Waals surface area (Å²) in [6.07, 6.45) is 9.46. The second-order valence-corrected chi connectivity index (χ2v) is 8.27. The van der Waals surface area contributed by atoms with Crippen LogP contribution in [0, 0.1) is 5.92 Å². The number of fused-ring (bicyclic) bond motifs is 1. The quantitative estimate of drug-likeness (QED) is 0.305. The molecule has 1 aromatic carbocycles. The average Bonchev–Trinajstić information content (AvgIpc) is 3.22. The van der Waals surface area contributed by atoms with Gasteiger partial charge in [-0.05, 0) is 18.1 Å². The molecule has 2 aromatic rings. The first-order valence-electron chi connectivity index (χ1n) is 11.6. The summed E-state index contributed by atoms with van der Waals surface area (Å²) in [7, 11) is 2.88. The zero-order chi connectivity index (χ0) is 23.3. The third-order valence-corrected chi connectivity index (χ3v) is 5.90. The molecule has 3 N–H and O–H groups in total. The molecule has 0 saturated heterocycles. The Hall–Kier alpha value is -2.83. The van der Waals surface area contributed by atoms with Gasteiger partial charge in [-0.2, -0.15) is 0 Å². The number of carbonyl (C=O) groups is 3. The number of H-pyrrole nitrogens is 1. The first kappa shape index (κ1) is 25.4. The SMILES string of the molecule is CCCCCCCC[C@H](CC(=O)OC)C(=O)N[C@@H](Cc1c[nH]c2ccccc12)C(=O)NC. The maximum atomic E-state index is 13.1. The molecule has 0 radical (unpaired) electrons. The van der Waals surface area contributed by atoms with E-state index in [1.807, 2.05) is 30.5 Å². The number of nitrogens with one attached hydrogen (secondary N) is 3. The molecule has 0 fully saturated rings. The first-order chi connectivity index (χ1) is 15.5. The van der Waals surface area contributed by atoms with Crippen LogP contribution in [0.3, 0.4) is 0 Å². The molecule has 176 valence electrons. The van der Waals surface area contributed by atoms with E-state index < -0.39 is 17.9 Å². The smallest absolute Gasteiger partial charge is 0.306 e. The maximum Gasteiger partial charge on any atom is 0.306 e. The highest BCUT2D eigenvalue weighted by molar-refractivity contribution is 5.91. The minimum absolute atomic E-state index is 0.0187. The van der Waals surface area contributed by atoms with E-state index >= 15 is 0 Å². The van der Waals surface area contributed by atoms with Crippen LogP contribution in [0.2, 0.25) is 0 Å². The number of benzene rings is 1. The number of ether oxygens (including phenoxy) is 1. The summed E-state index contributed by atoms with van der Waals surface area (Å²) >= 11 is 0. The van der Waals surface area contributed by atoms with Gasteiger partial charge in [-0.15, -0.1) is 0 Å². The number of rotatable bonds is 14. The van der Waals surface area contributed by atoms with Gasteiger partial charge in [-0.25, -0.2) is 0 Å². The molecule has 0 aliphatic rings. The third-order valence-electron chi connectivity index (χ3n) is 5.90. The van der Waals surface area contributed by atoms with Crippen LogP contribution in [0.15, 0.2) is 30.5 Å². The summed E-state index contributed by atoms with van der Waals surface area (Å²) < 4.78 is 4.79. The summed E-state index contributed by atoms with van der Waals surface area (Å²) in [5.41, 5.74) is 1.94. The number of carbonyl (C=O) groups excluding carboxylic acids is 3. The van der Waals surface area contributed by atoms with Crippen LogP contribution < -0.4 is 10.6 Å². The highest BCUT2D eigenvalue weighted by Crippen LogP contribution is 2.20. The summed E-state index contributed by atoms with van der Waals surface area (Å²) in [6.45, 7) is 2.18. The van der Waals surface area contributed by atoms with Gasteiger partial charge in [0.1, 0.15) is 6.04 Å². The van der Waals surface area contributed by atoms with Crippen LogP contribution in [0.1, 0.15) is 63.9 Å². The van der Waals surface area contributed by atoms with E-state index in [0.717, 1.165) is 35.7 Å². The van der Waals surface area contributed by atoms with E-state index in [9.17, 15) is 14.4 Å². The highest BCUT2D eigenvalue weighted by atomic mass is 16.5. The first-order valence-corrected chi connectivity index (χ1v) is 11.6. The molecule has 2 amide bonds. The standard InChI is InChI=1S/C25H37N3O4/c1-4-5-6-7-8-9-12-18(16-23(29)32-3)24(30)28-22(25(31)26-2)15-19-17-27-21-14-11-10-13-20(19)21/h10-11,13-14,17-18,22,27H,4-9,12,15-16H2,1-3H3,(H,26,31)(H,28,30)/t18-,22+/m1/s1. The van der Waals surface area contributed by atoms with Gasteiger partial charge < -0.3 is 20.4 Å². The van der Waals surface area contributed by atoms with E-state index in [0.29, 0.717) is 12.8 Å². The van der Waals surface area contributed by atoms with Crippen LogP contribution >= 0.6 is 0 Å². The number of unbranched alkanes of at least 4 members (excludes halogenated alkanes) is 5. The van der Waals surface area contributed by atoms with Crippen LogP contribution in [0.4, 0.5) is 0 Å². The van der Waals surface area contributed by atoms with E-state index in [2.05, 4.69) is 22.5 Å². The lowest BCUT2D eigenvalue weighted by atomic mass is 9.95. The lowest BCUT2D eigenvalue weighted by Crippen LogP contribution is -2.49. The highest BCUT2D eigenvalue weighted by Gasteiger charge is 2.27. The molecule has 0 saturated carbocycles. The van der Waals surface area contributed by atoms with Crippen molar-refractivity contribution < 1.29 is 19.1 Å². The van der Waals surface area contributed by atoms with Crippen molar-refractivity contribution in [3.05, 3.63) is 36.0 Å². The van der Waals surface area contributed by atoms with Crippen molar-refractivity contribution in [1.29, 1.82) is 0 Å². The summed E-state index contributed by atoms with van der Waals surface area (Å²) in [5.74, 6) is -1.47. The van der Waals surface area contributed by atoms with Crippen LogP contribution in [0.5, 0.6) is 0 Å². The Morgan fingerprint density at radius 3 is 2.47 bits per heavy atom. The number of methoxy groups -OCH3 is 1. The van der Waals surface area contributed by atoms with Crippen molar-refractivity contribution in [2.24, 2.45) is 5.92 Å². The molecule has 0 unspecified atom stereocenters. The average molecular weight is 444 g/mol. The van der Waals surface area contributed by atoms with Gasteiger partial charge in [0.05, 0.1) is 13.5 Å². The van der Waals surface area contributed by atoms with Crippen molar-refractivity contribution in [2.75, 3.05) is 14.2 Å². The zero-order valence-corrected chi connectivity index (χ0v) is 19.5. The van der Waals surface area contributed by atoms with E-state index in [-0.39, 0.29) is 18.2 Å². The zero-order valence-electron chi connectivity index (χ0n) is 19.5. The maximum absolute atomic E-state index is 13.1. The third kappa shape index (κ3) is 7.70. The number of hydrogen-bond donors (Lipinski definition) is 3. The van der Waals surface area contributed by atoms with Crippen molar-refractivity contribution >= 4 is 28.7 Å². The Morgan fingerprint density at radius 1 is 1.03 bits per heavy atom. The molecule has 0 bridgehead atoms. The summed E-state index contributed by atoms with van der Waals surface area (Å²) in [4.78, 5) is 40.7. The lowest BCUT2D eigenvalue weighted by Gasteiger charge is -2.21. The molecule has 7 nitrogen and oxygen atoms in total. The molecule has 0 spiro atoms. The molecule has 32 heavy (non-hydrogen) atoms. The van der Waals surface area contributed by atoms with Gasteiger partial charge >= 0.3 is 5.97 Å². The molecule has 2 rings (SSSR count). The molecular weight excluding hydrogens is 406 g/mol. The molecular formula is C25H37N3O4. The van der Waals surface area contributed by atoms with Crippen LogP contribution in [-0.4, -0.2) is 43.0 Å². The summed E-state index contributed by atoms with van der Waals surface area (Å²) in [5, 5.41) is 6.55. The lowest BCUT2D eigenvalue weighted by molar-refractivity contribution is -0.144. The Labute approximate surface area is 190 Å². The van der Waals surface area contributed by atoms with Crippen molar-refractivity contribution in [3.63, 3.8) is 0 Å². The molecule has 1 heterocycles. The number of aromatic amines is 1. The molecule has 2 atom stereocenters. The largest absolute Gasteiger partial charge is 0.469 e. The topological polar surface area (TPSA) is 100 Å². The molecule has 0 aliphatic carbocycles. The van der Waals surface area contributed by atoms with Gasteiger partial charge in [0.2, 0.25) is 11.8 Å². The molecule has 7 heteroatoms. The van der Waals surface area contributed by atoms with E-state index in [1.54, 1.807) is 7.05 Å². The minimum atomic E-state index is -0.726. The fraction of sp³-hybridized carbons (Fsp3) is 0.560.